The zero-order valence-corrected chi connectivity index (χ0v) is 21.2. The number of thiophene rings is 1. The van der Waals surface area contributed by atoms with Crippen LogP contribution in [0.1, 0.15) is 49.0 Å². The van der Waals surface area contributed by atoms with E-state index in [1.165, 1.54) is 11.3 Å². The molecule has 0 radical (unpaired) electrons. The lowest BCUT2D eigenvalue weighted by molar-refractivity contribution is -0.220. The Kier molecular flexibility index (Phi) is 7.94. The van der Waals surface area contributed by atoms with Gasteiger partial charge in [0.1, 0.15) is 5.75 Å². The van der Waals surface area contributed by atoms with Gasteiger partial charge in [-0.05, 0) is 42.7 Å². The number of rotatable bonds is 7. The average Bonchev–Trinajstić information content (AvgIpc) is 3.48. The molecule has 196 valence electrons. The van der Waals surface area contributed by atoms with Gasteiger partial charge in [0.2, 0.25) is 0 Å². The molecular weight excluding hydrogens is 493 g/mol. The van der Waals surface area contributed by atoms with Crippen LogP contribution in [0.5, 0.6) is 5.75 Å². The van der Waals surface area contributed by atoms with Crippen LogP contribution in [-0.2, 0) is 16.1 Å². The maximum atomic E-state index is 13.2. The van der Waals surface area contributed by atoms with E-state index in [-0.39, 0.29) is 5.91 Å². The molecule has 6 nitrogen and oxygen atoms in total. The Morgan fingerprint density at radius 2 is 1.81 bits per heavy atom. The van der Waals surface area contributed by atoms with E-state index in [2.05, 4.69) is 0 Å². The van der Waals surface area contributed by atoms with Crippen molar-refractivity contribution in [3.8, 4) is 5.75 Å². The van der Waals surface area contributed by atoms with Crippen LogP contribution < -0.4 is 4.74 Å². The number of hydrogen-bond acceptors (Lipinski definition) is 6. The summed E-state index contributed by atoms with van der Waals surface area (Å²) in [5.41, 5.74) is 0.787. The van der Waals surface area contributed by atoms with E-state index in [9.17, 15) is 22.8 Å². The Labute approximate surface area is 213 Å². The number of halogens is 3. The fraction of sp³-hybridized carbons (Fsp3) is 0.538. The van der Waals surface area contributed by atoms with Gasteiger partial charge in [-0.15, -0.1) is 0 Å². The van der Waals surface area contributed by atoms with Crippen molar-refractivity contribution < 1.29 is 32.2 Å². The zero-order valence-electron chi connectivity index (χ0n) is 20.4. The molecule has 1 aromatic carbocycles. The Hall–Kier alpha value is -2.59. The topological polar surface area (TPSA) is 59.1 Å². The number of amides is 1. The fourth-order valence-electron chi connectivity index (χ4n) is 5.00. The van der Waals surface area contributed by atoms with Crippen molar-refractivity contribution in [1.82, 2.24) is 9.80 Å². The summed E-state index contributed by atoms with van der Waals surface area (Å²) in [7, 11) is 0. The number of carbonyl (C=O) groups is 2. The lowest BCUT2D eigenvalue weighted by Crippen LogP contribution is -2.51. The van der Waals surface area contributed by atoms with Gasteiger partial charge < -0.3 is 14.4 Å². The summed E-state index contributed by atoms with van der Waals surface area (Å²) < 4.78 is 50.8. The minimum absolute atomic E-state index is 0.0824. The highest BCUT2D eigenvalue weighted by molar-refractivity contribution is 7.08. The maximum Gasteiger partial charge on any atom is 0.490 e. The number of nitrogens with zero attached hydrogens (tertiary/aromatic N) is 2. The Morgan fingerprint density at radius 3 is 2.44 bits per heavy atom. The van der Waals surface area contributed by atoms with E-state index in [4.69, 9.17) is 9.47 Å². The summed E-state index contributed by atoms with van der Waals surface area (Å²) in [6.07, 6.45) is -4.62. The van der Waals surface area contributed by atoms with E-state index >= 15 is 0 Å². The molecule has 0 saturated carbocycles. The van der Waals surface area contributed by atoms with Gasteiger partial charge in [-0.3, -0.25) is 9.69 Å². The lowest BCUT2D eigenvalue weighted by atomic mass is 9.76. The molecule has 2 saturated heterocycles. The van der Waals surface area contributed by atoms with Crippen LogP contribution in [0.3, 0.4) is 0 Å². The summed E-state index contributed by atoms with van der Waals surface area (Å²) in [6, 6.07) is 9.20. The van der Waals surface area contributed by atoms with Crippen molar-refractivity contribution in [2.75, 3.05) is 26.2 Å². The summed E-state index contributed by atoms with van der Waals surface area (Å²) in [4.78, 5) is 28.3. The van der Waals surface area contributed by atoms with Gasteiger partial charge in [0.15, 0.2) is 6.23 Å². The number of benzene rings is 1. The maximum absolute atomic E-state index is 13.2. The molecule has 1 unspecified atom stereocenters. The SMILES string of the molecule is CC(C)COc1ccccc1CN1CCC2(CCN(C(=O)c3ccsc3)CC2)C1OC(=O)C(F)(F)F. The van der Waals surface area contributed by atoms with E-state index in [0.29, 0.717) is 69.3 Å². The molecule has 1 spiro atoms. The van der Waals surface area contributed by atoms with Crippen LogP contribution in [0.25, 0.3) is 0 Å². The summed E-state index contributed by atoms with van der Waals surface area (Å²) >= 11 is 1.44. The first-order valence-corrected chi connectivity index (χ1v) is 13.1. The van der Waals surface area contributed by atoms with Crippen LogP contribution in [0.15, 0.2) is 41.1 Å². The number of esters is 1. The van der Waals surface area contributed by atoms with E-state index < -0.39 is 23.8 Å². The minimum atomic E-state index is -5.08. The van der Waals surface area contributed by atoms with Gasteiger partial charge in [0.05, 0.1) is 12.2 Å². The van der Waals surface area contributed by atoms with Crippen molar-refractivity contribution >= 4 is 23.2 Å². The first-order chi connectivity index (χ1) is 17.1. The molecule has 2 aromatic rings. The van der Waals surface area contributed by atoms with Gasteiger partial charge in [-0.2, -0.15) is 24.5 Å². The molecule has 36 heavy (non-hydrogen) atoms. The van der Waals surface area contributed by atoms with Gasteiger partial charge in [-0.25, -0.2) is 4.79 Å². The number of ether oxygens (including phenoxy) is 2. The van der Waals surface area contributed by atoms with Gasteiger partial charge in [0.25, 0.3) is 5.91 Å². The van der Waals surface area contributed by atoms with Crippen molar-refractivity contribution in [2.45, 2.75) is 52.1 Å². The molecule has 2 fully saturated rings. The molecule has 1 aromatic heterocycles. The highest BCUT2D eigenvalue weighted by Crippen LogP contribution is 2.47. The molecule has 10 heteroatoms. The predicted molar refractivity (Wildman–Crippen MR) is 130 cm³/mol. The third-order valence-corrected chi connectivity index (χ3v) is 7.62. The molecule has 2 aliphatic rings. The highest BCUT2D eigenvalue weighted by Gasteiger charge is 2.54. The molecule has 4 rings (SSSR count). The summed E-state index contributed by atoms with van der Waals surface area (Å²) in [5, 5.41) is 3.62. The van der Waals surface area contributed by atoms with Gasteiger partial charge >= 0.3 is 12.1 Å². The number of piperidine rings is 1. The van der Waals surface area contributed by atoms with E-state index in [0.717, 1.165) is 5.56 Å². The Morgan fingerprint density at radius 1 is 1.11 bits per heavy atom. The first-order valence-electron chi connectivity index (χ1n) is 12.1. The van der Waals surface area contributed by atoms with Crippen molar-refractivity contribution in [1.29, 1.82) is 0 Å². The molecular formula is C26H31F3N2O4S. The monoisotopic (exact) mass is 524 g/mol. The average molecular weight is 525 g/mol. The fourth-order valence-corrected chi connectivity index (χ4v) is 5.63. The van der Waals surface area contributed by atoms with Crippen LogP contribution >= 0.6 is 11.3 Å². The van der Waals surface area contributed by atoms with E-state index in [1.807, 2.05) is 43.5 Å². The highest BCUT2D eigenvalue weighted by atomic mass is 32.1. The smallest absolute Gasteiger partial charge is 0.490 e. The van der Waals surface area contributed by atoms with Crippen molar-refractivity contribution in [2.24, 2.45) is 11.3 Å². The number of hydrogen-bond donors (Lipinski definition) is 0. The Bertz CT molecular complexity index is 1050. The molecule has 0 aliphatic carbocycles. The second-order valence-corrected chi connectivity index (χ2v) is 10.7. The molecule has 0 bridgehead atoms. The van der Waals surface area contributed by atoms with Crippen LogP contribution in [0.4, 0.5) is 13.2 Å². The molecule has 1 atom stereocenters. The molecule has 3 heterocycles. The number of alkyl halides is 3. The van der Waals surface area contributed by atoms with Gasteiger partial charge in [0, 0.05) is 42.5 Å². The van der Waals surface area contributed by atoms with E-state index in [1.54, 1.807) is 21.2 Å². The van der Waals surface area contributed by atoms with Crippen LogP contribution in [0.2, 0.25) is 0 Å². The third-order valence-electron chi connectivity index (χ3n) is 6.94. The lowest BCUT2D eigenvalue weighted by Gasteiger charge is -2.43. The van der Waals surface area contributed by atoms with Crippen molar-refractivity contribution in [3.05, 3.63) is 52.2 Å². The zero-order chi connectivity index (χ0) is 25.9. The van der Waals surface area contributed by atoms with Crippen LogP contribution in [0, 0.1) is 11.3 Å². The number of carbonyl (C=O) groups excluding carboxylic acids is 2. The Balaban J connectivity index is 1.53. The summed E-state index contributed by atoms with van der Waals surface area (Å²) in [6.45, 7) is 6.16. The van der Waals surface area contributed by atoms with Crippen molar-refractivity contribution in [3.63, 3.8) is 0 Å². The number of likely N-dealkylation sites (tertiary alicyclic amines) is 2. The normalized spacial score (nSPS) is 20.2. The second-order valence-electron chi connectivity index (χ2n) is 9.96. The molecule has 0 N–H and O–H groups in total. The van der Waals surface area contributed by atoms with Crippen LogP contribution in [-0.4, -0.2) is 60.3 Å². The first kappa shape index (κ1) is 26.5. The molecule has 1 amide bonds. The molecule has 2 aliphatic heterocycles. The predicted octanol–water partition coefficient (Wildman–Crippen LogP) is 5.34. The van der Waals surface area contributed by atoms with Gasteiger partial charge in [-0.1, -0.05) is 32.0 Å². The number of para-hydroxylation sites is 1. The summed E-state index contributed by atoms with van der Waals surface area (Å²) in [5.74, 6) is -1.28. The quantitative estimate of drug-likeness (QED) is 0.458. The largest absolute Gasteiger partial charge is 0.493 e. The minimum Gasteiger partial charge on any atom is -0.493 e. The standard InChI is InChI=1S/C26H31F3N2O4S/c1-18(2)16-34-21-6-4-3-5-19(21)15-31-13-10-25(23(31)35-24(33)26(27,28)29)8-11-30(12-9-25)22(32)20-7-14-36-17-20/h3-7,14,17-18,23H,8-13,15-16H2,1-2H3. The third kappa shape index (κ3) is 5.86. The second kappa shape index (κ2) is 10.8.